The van der Waals surface area contributed by atoms with E-state index in [0.29, 0.717) is 34.1 Å². The molecule has 0 saturated heterocycles. The lowest BCUT2D eigenvalue weighted by molar-refractivity contribution is -0.185. The van der Waals surface area contributed by atoms with E-state index in [-0.39, 0.29) is 0 Å². The second-order valence-corrected chi connectivity index (χ2v) is 9.47. The molecule has 0 aromatic heterocycles. The Morgan fingerprint density at radius 1 is 0.882 bits per heavy atom. The molecule has 0 fully saturated rings. The fourth-order valence-electron chi connectivity index (χ4n) is 4.54. The average Bonchev–Trinajstić information content (AvgIpc) is 3.09. The van der Waals surface area contributed by atoms with Crippen molar-refractivity contribution in [3.05, 3.63) is 124 Å². The standard InChI is InChI=1S/C30H25ClO3/c1-19(2)21-9-11-23(12-10-21)28-27(18-20-7-8-22-5-3-4-6-24(22)17-20)30(33,34-29(28)32)25-13-15-26(31)16-14-25/h3-17,19,33H,18H2,1-2H3. The van der Waals surface area contributed by atoms with Crippen molar-refractivity contribution >= 4 is 33.9 Å². The van der Waals surface area contributed by atoms with Crippen molar-refractivity contribution in [1.82, 2.24) is 0 Å². The van der Waals surface area contributed by atoms with E-state index >= 15 is 0 Å². The van der Waals surface area contributed by atoms with Gasteiger partial charge in [-0.25, -0.2) is 4.79 Å². The number of halogens is 1. The van der Waals surface area contributed by atoms with Crippen molar-refractivity contribution < 1.29 is 14.6 Å². The molecule has 4 heteroatoms. The van der Waals surface area contributed by atoms with E-state index in [4.69, 9.17) is 16.3 Å². The summed E-state index contributed by atoms with van der Waals surface area (Å²) in [6.07, 6.45) is 0.358. The van der Waals surface area contributed by atoms with Gasteiger partial charge in [0.2, 0.25) is 0 Å². The summed E-state index contributed by atoms with van der Waals surface area (Å²) in [7, 11) is 0. The second-order valence-electron chi connectivity index (χ2n) is 9.03. The van der Waals surface area contributed by atoms with E-state index in [1.54, 1.807) is 24.3 Å². The molecule has 0 aliphatic carbocycles. The van der Waals surface area contributed by atoms with Gasteiger partial charge < -0.3 is 9.84 Å². The van der Waals surface area contributed by atoms with Crippen LogP contribution in [0, 0.1) is 0 Å². The average molecular weight is 469 g/mol. The van der Waals surface area contributed by atoms with Crippen molar-refractivity contribution in [2.24, 2.45) is 0 Å². The topological polar surface area (TPSA) is 46.5 Å². The molecule has 34 heavy (non-hydrogen) atoms. The number of hydrogen-bond acceptors (Lipinski definition) is 3. The molecule has 3 nitrogen and oxygen atoms in total. The number of benzene rings is 4. The van der Waals surface area contributed by atoms with E-state index in [9.17, 15) is 9.90 Å². The second kappa shape index (κ2) is 8.75. The fraction of sp³-hybridized carbons (Fsp3) is 0.167. The first-order valence-corrected chi connectivity index (χ1v) is 11.8. The number of carbonyl (C=O) groups excluding carboxylic acids is 1. The van der Waals surface area contributed by atoms with Crippen LogP contribution in [0.3, 0.4) is 0 Å². The highest BCUT2D eigenvalue weighted by Crippen LogP contribution is 2.45. The maximum Gasteiger partial charge on any atom is 0.341 e. The fourth-order valence-corrected chi connectivity index (χ4v) is 4.66. The smallest absolute Gasteiger partial charge is 0.341 e. The molecule has 0 radical (unpaired) electrons. The Morgan fingerprint density at radius 2 is 1.56 bits per heavy atom. The highest BCUT2D eigenvalue weighted by atomic mass is 35.5. The Kier molecular flexibility index (Phi) is 5.76. The molecule has 1 unspecified atom stereocenters. The van der Waals surface area contributed by atoms with Crippen LogP contribution in [-0.4, -0.2) is 11.1 Å². The van der Waals surface area contributed by atoms with Crippen LogP contribution in [0.25, 0.3) is 16.3 Å². The van der Waals surface area contributed by atoms with Crippen LogP contribution < -0.4 is 0 Å². The zero-order valence-corrected chi connectivity index (χ0v) is 19.8. The third kappa shape index (κ3) is 4.02. The molecule has 1 aliphatic heterocycles. The van der Waals surface area contributed by atoms with Gasteiger partial charge in [-0.1, -0.05) is 104 Å². The molecule has 1 heterocycles. The quantitative estimate of drug-likeness (QED) is 0.320. The number of hydrogen-bond donors (Lipinski definition) is 1. The van der Waals surface area contributed by atoms with E-state index in [1.807, 2.05) is 42.5 Å². The third-order valence-electron chi connectivity index (χ3n) is 6.45. The molecule has 0 saturated carbocycles. The molecular formula is C30H25ClO3. The Hall–Kier alpha value is -3.40. The van der Waals surface area contributed by atoms with Crippen LogP contribution in [0.15, 0.2) is 96.6 Å². The number of rotatable bonds is 5. The summed E-state index contributed by atoms with van der Waals surface area (Å²) in [6, 6.07) is 29.0. The molecule has 0 amide bonds. The van der Waals surface area contributed by atoms with Crippen LogP contribution in [0.2, 0.25) is 5.02 Å². The molecule has 1 aliphatic rings. The zero-order valence-electron chi connectivity index (χ0n) is 19.1. The van der Waals surface area contributed by atoms with Crippen LogP contribution in [-0.2, 0) is 21.7 Å². The number of fused-ring (bicyclic) bond motifs is 1. The summed E-state index contributed by atoms with van der Waals surface area (Å²) in [6.45, 7) is 4.26. The minimum absolute atomic E-state index is 0.358. The highest BCUT2D eigenvalue weighted by Gasteiger charge is 2.48. The maximum atomic E-state index is 13.2. The number of carbonyl (C=O) groups is 1. The van der Waals surface area contributed by atoms with Gasteiger partial charge in [-0.3, -0.25) is 0 Å². The molecule has 1 N–H and O–H groups in total. The molecular weight excluding hydrogens is 444 g/mol. The molecule has 0 bridgehead atoms. The van der Waals surface area contributed by atoms with Crippen LogP contribution in [0.4, 0.5) is 0 Å². The van der Waals surface area contributed by atoms with Gasteiger partial charge in [0, 0.05) is 22.6 Å². The molecule has 170 valence electrons. The lowest BCUT2D eigenvalue weighted by Gasteiger charge is -2.26. The normalized spacial score (nSPS) is 18.1. The van der Waals surface area contributed by atoms with Gasteiger partial charge in [-0.05, 0) is 45.5 Å². The molecule has 1 atom stereocenters. The van der Waals surface area contributed by atoms with E-state index in [1.165, 1.54) is 5.56 Å². The van der Waals surface area contributed by atoms with Crippen molar-refractivity contribution in [2.75, 3.05) is 0 Å². The summed E-state index contributed by atoms with van der Waals surface area (Å²) in [4.78, 5) is 13.2. The highest BCUT2D eigenvalue weighted by molar-refractivity contribution is 6.30. The summed E-state index contributed by atoms with van der Waals surface area (Å²) in [5.41, 5.74) is 4.29. The van der Waals surface area contributed by atoms with E-state index in [0.717, 1.165) is 21.9 Å². The Bertz CT molecular complexity index is 1400. The van der Waals surface area contributed by atoms with Crippen LogP contribution in [0.5, 0.6) is 0 Å². The first kappa shape index (κ1) is 22.4. The van der Waals surface area contributed by atoms with Gasteiger partial charge in [0.05, 0.1) is 5.57 Å². The Labute approximate surface area is 204 Å². The van der Waals surface area contributed by atoms with E-state index in [2.05, 4.69) is 38.1 Å². The Balaban J connectivity index is 1.66. The van der Waals surface area contributed by atoms with Gasteiger partial charge in [0.15, 0.2) is 0 Å². The summed E-state index contributed by atoms with van der Waals surface area (Å²) in [5.74, 6) is -2.04. The van der Waals surface area contributed by atoms with Gasteiger partial charge in [0.25, 0.3) is 5.79 Å². The van der Waals surface area contributed by atoms with Crippen LogP contribution >= 0.6 is 11.6 Å². The lowest BCUT2D eigenvalue weighted by atomic mass is 9.87. The molecule has 4 aromatic carbocycles. The summed E-state index contributed by atoms with van der Waals surface area (Å²) >= 11 is 6.08. The largest absolute Gasteiger partial charge is 0.421 e. The van der Waals surface area contributed by atoms with Gasteiger partial charge >= 0.3 is 5.97 Å². The number of esters is 1. The third-order valence-corrected chi connectivity index (χ3v) is 6.70. The lowest BCUT2D eigenvalue weighted by Crippen LogP contribution is -2.29. The minimum Gasteiger partial charge on any atom is -0.421 e. The molecule has 4 aromatic rings. The molecule has 5 rings (SSSR count). The number of aliphatic hydroxyl groups is 1. The van der Waals surface area contributed by atoms with Crippen molar-refractivity contribution in [3.63, 3.8) is 0 Å². The number of ether oxygens (including phenoxy) is 1. The number of cyclic esters (lactones) is 1. The zero-order chi connectivity index (χ0) is 23.9. The van der Waals surface area contributed by atoms with Crippen LogP contribution in [0.1, 0.15) is 42.0 Å². The van der Waals surface area contributed by atoms with E-state index < -0.39 is 11.8 Å². The van der Waals surface area contributed by atoms with Crippen molar-refractivity contribution in [3.8, 4) is 0 Å². The monoisotopic (exact) mass is 468 g/mol. The maximum absolute atomic E-state index is 13.2. The predicted molar refractivity (Wildman–Crippen MR) is 137 cm³/mol. The first-order valence-electron chi connectivity index (χ1n) is 11.4. The summed E-state index contributed by atoms with van der Waals surface area (Å²) in [5, 5.41) is 14.6. The van der Waals surface area contributed by atoms with Gasteiger partial charge in [-0.2, -0.15) is 0 Å². The Morgan fingerprint density at radius 3 is 2.24 bits per heavy atom. The summed E-state index contributed by atoms with van der Waals surface area (Å²) < 4.78 is 5.69. The minimum atomic E-state index is -1.88. The first-order chi connectivity index (χ1) is 16.3. The molecule has 0 spiro atoms. The predicted octanol–water partition coefficient (Wildman–Crippen LogP) is 7.02. The van der Waals surface area contributed by atoms with Gasteiger partial charge in [-0.15, -0.1) is 0 Å². The van der Waals surface area contributed by atoms with Gasteiger partial charge in [0.1, 0.15) is 0 Å². The van der Waals surface area contributed by atoms with Crippen molar-refractivity contribution in [1.29, 1.82) is 0 Å². The van der Waals surface area contributed by atoms with Crippen molar-refractivity contribution in [2.45, 2.75) is 32.0 Å². The SMILES string of the molecule is CC(C)c1ccc(C2=C(Cc3ccc4ccccc4c3)C(O)(c3ccc(Cl)cc3)OC2=O)cc1.